The van der Waals surface area contributed by atoms with Crippen LogP contribution in [0.5, 0.6) is 0 Å². The third kappa shape index (κ3) is 4.06. The number of rotatable bonds is 6. The van der Waals surface area contributed by atoms with Gasteiger partial charge in [0.25, 0.3) is 5.56 Å². The summed E-state index contributed by atoms with van der Waals surface area (Å²) in [6.07, 6.45) is 6.51. The lowest BCUT2D eigenvalue weighted by Gasteiger charge is -2.04. The normalized spacial score (nSPS) is 11.0. The summed E-state index contributed by atoms with van der Waals surface area (Å²) in [5.74, 6) is 0.902. The van der Waals surface area contributed by atoms with Crippen molar-refractivity contribution in [2.24, 2.45) is 0 Å². The van der Waals surface area contributed by atoms with Gasteiger partial charge in [-0.1, -0.05) is 30.3 Å². The van der Waals surface area contributed by atoms with Gasteiger partial charge in [-0.3, -0.25) is 14.6 Å². The Labute approximate surface area is 161 Å². The smallest absolute Gasteiger partial charge is 0.276 e. The number of fused-ring (bicyclic) bond motifs is 1. The quantitative estimate of drug-likeness (QED) is 0.544. The second-order valence-electron chi connectivity index (χ2n) is 7.01. The first-order valence-electron chi connectivity index (χ1n) is 9.13. The molecule has 0 saturated carbocycles. The number of aromatic amines is 2. The van der Waals surface area contributed by atoms with Gasteiger partial charge in [-0.15, -0.1) is 0 Å². The average Bonchev–Trinajstić information content (AvgIpc) is 3.07. The maximum atomic E-state index is 12.3. The number of aryl methyl sites for hydroxylation is 1. The van der Waals surface area contributed by atoms with E-state index in [0.29, 0.717) is 24.8 Å². The van der Waals surface area contributed by atoms with Gasteiger partial charge in [0.05, 0.1) is 5.52 Å². The fourth-order valence-electron chi connectivity index (χ4n) is 3.28. The van der Waals surface area contributed by atoms with E-state index < -0.39 is 0 Å². The maximum Gasteiger partial charge on any atom is 0.276 e. The largest absolute Gasteiger partial charge is 0.341 e. The number of Topliss-reactive ketones (excluding diaryl/α,β-unsaturated/α-hetero) is 1. The topological polar surface area (TPSA) is 91.5 Å². The number of benzene rings is 1. The molecule has 2 N–H and O–H groups in total. The fraction of sp³-hybridized carbons (Fsp3) is 0.182. The number of carbonyl (C=O) groups is 1. The van der Waals surface area contributed by atoms with E-state index >= 15 is 0 Å². The van der Waals surface area contributed by atoms with Gasteiger partial charge in [0.15, 0.2) is 5.52 Å². The van der Waals surface area contributed by atoms with E-state index in [-0.39, 0.29) is 11.3 Å². The molecule has 0 saturated heterocycles. The number of H-pyrrole nitrogens is 2. The first-order valence-corrected chi connectivity index (χ1v) is 9.13. The Bertz CT molecular complexity index is 1190. The number of ketones is 1. The molecule has 3 aromatic heterocycles. The van der Waals surface area contributed by atoms with E-state index in [0.717, 1.165) is 33.6 Å². The Morgan fingerprint density at radius 1 is 1.00 bits per heavy atom. The predicted octanol–water partition coefficient (Wildman–Crippen LogP) is 2.90. The summed E-state index contributed by atoms with van der Waals surface area (Å²) in [6, 6.07) is 11.7. The SMILES string of the molecule is Cc1cncc(CC(=O)Cc2ccc(Cc3nc4c(=O)[nH]ccc4[nH]3)cc2)c1. The Kier molecular flexibility index (Phi) is 4.85. The maximum absolute atomic E-state index is 12.3. The molecule has 140 valence electrons. The van der Waals surface area contributed by atoms with Crippen LogP contribution in [0.2, 0.25) is 0 Å². The molecule has 4 rings (SSSR count). The number of hydrogen-bond acceptors (Lipinski definition) is 4. The van der Waals surface area contributed by atoms with Crippen LogP contribution in [0.4, 0.5) is 0 Å². The van der Waals surface area contributed by atoms with Crippen LogP contribution in [0.15, 0.2) is 59.8 Å². The molecule has 6 nitrogen and oxygen atoms in total. The zero-order chi connectivity index (χ0) is 19.5. The van der Waals surface area contributed by atoms with Crippen molar-refractivity contribution in [1.29, 1.82) is 0 Å². The van der Waals surface area contributed by atoms with E-state index in [2.05, 4.69) is 19.9 Å². The molecule has 0 aliphatic heterocycles. The molecule has 0 amide bonds. The second-order valence-corrected chi connectivity index (χ2v) is 7.01. The number of aromatic nitrogens is 4. The van der Waals surface area contributed by atoms with Gasteiger partial charge >= 0.3 is 0 Å². The molecule has 4 aromatic rings. The summed E-state index contributed by atoms with van der Waals surface area (Å²) < 4.78 is 0. The minimum atomic E-state index is -0.197. The lowest BCUT2D eigenvalue weighted by Crippen LogP contribution is -2.07. The van der Waals surface area contributed by atoms with E-state index in [9.17, 15) is 9.59 Å². The summed E-state index contributed by atoms with van der Waals surface area (Å²) in [4.78, 5) is 38.4. The lowest BCUT2D eigenvalue weighted by atomic mass is 10.0. The van der Waals surface area contributed by atoms with Crippen molar-refractivity contribution in [3.63, 3.8) is 0 Å². The minimum Gasteiger partial charge on any atom is -0.341 e. The molecule has 1 aromatic carbocycles. The first kappa shape index (κ1) is 17.9. The summed E-state index contributed by atoms with van der Waals surface area (Å²) in [7, 11) is 0. The number of nitrogens with zero attached hydrogens (tertiary/aromatic N) is 2. The molecule has 28 heavy (non-hydrogen) atoms. The zero-order valence-corrected chi connectivity index (χ0v) is 15.5. The Morgan fingerprint density at radius 2 is 1.75 bits per heavy atom. The Balaban J connectivity index is 1.41. The molecular weight excluding hydrogens is 352 g/mol. The summed E-state index contributed by atoms with van der Waals surface area (Å²) >= 11 is 0. The van der Waals surface area contributed by atoms with Crippen LogP contribution in [-0.2, 0) is 24.1 Å². The van der Waals surface area contributed by atoms with E-state index in [4.69, 9.17) is 0 Å². The van der Waals surface area contributed by atoms with Crippen LogP contribution in [0.25, 0.3) is 11.0 Å². The van der Waals surface area contributed by atoms with Crippen molar-refractivity contribution < 1.29 is 4.79 Å². The Morgan fingerprint density at radius 3 is 2.50 bits per heavy atom. The molecule has 0 fully saturated rings. The number of imidazole rings is 1. The van der Waals surface area contributed by atoms with Crippen molar-refractivity contribution in [1.82, 2.24) is 19.9 Å². The van der Waals surface area contributed by atoms with Crippen molar-refractivity contribution in [2.75, 3.05) is 0 Å². The lowest BCUT2D eigenvalue weighted by molar-refractivity contribution is -0.117. The highest BCUT2D eigenvalue weighted by atomic mass is 16.1. The second kappa shape index (κ2) is 7.60. The summed E-state index contributed by atoms with van der Waals surface area (Å²) in [5.41, 5.74) is 5.00. The van der Waals surface area contributed by atoms with Crippen LogP contribution in [0.1, 0.15) is 28.1 Å². The van der Waals surface area contributed by atoms with Crippen LogP contribution < -0.4 is 5.56 Å². The third-order valence-electron chi connectivity index (χ3n) is 4.59. The highest BCUT2D eigenvalue weighted by Crippen LogP contribution is 2.13. The molecule has 0 bridgehead atoms. The number of carbonyl (C=O) groups excluding carboxylic acids is 1. The zero-order valence-electron chi connectivity index (χ0n) is 15.5. The van der Waals surface area contributed by atoms with Gasteiger partial charge in [0.2, 0.25) is 0 Å². The molecule has 0 aliphatic carbocycles. The molecule has 3 heterocycles. The fourth-order valence-corrected chi connectivity index (χ4v) is 3.28. The molecule has 6 heteroatoms. The standard InChI is InChI=1S/C22H20N4O2/c1-14-8-17(13-23-12-14)10-18(27)9-15-2-4-16(5-3-15)11-20-25-19-6-7-24-22(28)21(19)26-20/h2-8,12-13H,9-11H2,1H3,(H,24,28)(H,25,26). The van der Waals surface area contributed by atoms with Crippen LogP contribution in [0.3, 0.4) is 0 Å². The molecule has 0 aliphatic rings. The van der Waals surface area contributed by atoms with Gasteiger partial charge < -0.3 is 9.97 Å². The van der Waals surface area contributed by atoms with Crippen molar-refractivity contribution >= 4 is 16.8 Å². The number of pyridine rings is 2. The van der Waals surface area contributed by atoms with Gasteiger partial charge in [-0.05, 0) is 35.2 Å². The van der Waals surface area contributed by atoms with Gasteiger partial charge in [-0.2, -0.15) is 0 Å². The first-order chi connectivity index (χ1) is 13.6. The highest BCUT2D eigenvalue weighted by Gasteiger charge is 2.08. The van der Waals surface area contributed by atoms with Gasteiger partial charge in [0, 0.05) is 37.9 Å². The van der Waals surface area contributed by atoms with E-state index in [1.165, 1.54) is 0 Å². The minimum absolute atomic E-state index is 0.164. The van der Waals surface area contributed by atoms with Crippen molar-refractivity contribution in [3.05, 3.63) is 93.4 Å². The van der Waals surface area contributed by atoms with Gasteiger partial charge in [-0.25, -0.2) is 4.98 Å². The Hall–Kier alpha value is -3.54. The van der Waals surface area contributed by atoms with Crippen LogP contribution >= 0.6 is 0 Å². The molecular formula is C22H20N4O2. The molecule has 0 atom stereocenters. The summed E-state index contributed by atoms with van der Waals surface area (Å²) in [6.45, 7) is 1.97. The van der Waals surface area contributed by atoms with Gasteiger partial charge in [0.1, 0.15) is 11.6 Å². The third-order valence-corrected chi connectivity index (χ3v) is 4.59. The molecule has 0 spiro atoms. The van der Waals surface area contributed by atoms with Crippen molar-refractivity contribution in [2.45, 2.75) is 26.2 Å². The number of hydrogen-bond donors (Lipinski definition) is 2. The van der Waals surface area contributed by atoms with E-state index in [1.807, 2.05) is 37.3 Å². The molecule has 0 unspecified atom stereocenters. The molecule has 0 radical (unpaired) electrons. The van der Waals surface area contributed by atoms with Crippen LogP contribution in [-0.4, -0.2) is 25.7 Å². The highest BCUT2D eigenvalue weighted by molar-refractivity contribution is 5.83. The monoisotopic (exact) mass is 372 g/mol. The summed E-state index contributed by atoms with van der Waals surface area (Å²) in [5, 5.41) is 0. The predicted molar refractivity (Wildman–Crippen MR) is 107 cm³/mol. The average molecular weight is 372 g/mol. The van der Waals surface area contributed by atoms with E-state index in [1.54, 1.807) is 24.7 Å². The van der Waals surface area contributed by atoms with Crippen molar-refractivity contribution in [3.8, 4) is 0 Å². The van der Waals surface area contributed by atoms with Crippen LogP contribution in [0, 0.1) is 6.92 Å². The number of nitrogens with one attached hydrogen (secondary N) is 2.